The number of allylic oxidation sites excluding steroid dienone is 1. The summed E-state index contributed by atoms with van der Waals surface area (Å²) in [4.78, 5) is 0. The van der Waals surface area contributed by atoms with Gasteiger partial charge >= 0.3 is 0 Å². The molecular formula is C23H13B6N. The maximum absolute atomic E-state index is 6.39. The summed E-state index contributed by atoms with van der Waals surface area (Å²) in [6.45, 7) is 6.00. The molecule has 4 aromatic rings. The number of benzene rings is 3. The van der Waals surface area contributed by atoms with Crippen molar-refractivity contribution in [1.29, 1.82) is 0 Å². The number of nitrogens with zero attached hydrogens (tertiary/aromatic N) is 1. The maximum atomic E-state index is 6.39. The summed E-state index contributed by atoms with van der Waals surface area (Å²) in [5.74, 6) is 0. The number of aromatic nitrogens is 1. The van der Waals surface area contributed by atoms with Crippen LogP contribution in [0.3, 0.4) is 0 Å². The molecule has 0 amide bonds. The molecule has 0 saturated heterocycles. The first-order chi connectivity index (χ1) is 14.3. The summed E-state index contributed by atoms with van der Waals surface area (Å²) in [7, 11) is 37.2. The third-order valence-corrected chi connectivity index (χ3v) is 5.47. The van der Waals surface area contributed by atoms with Crippen molar-refractivity contribution in [3.8, 4) is 5.69 Å². The summed E-state index contributed by atoms with van der Waals surface area (Å²) >= 11 is 0. The highest BCUT2D eigenvalue weighted by molar-refractivity contribution is 6.68. The van der Waals surface area contributed by atoms with Crippen molar-refractivity contribution in [1.82, 2.24) is 4.57 Å². The number of fused-ring (bicyclic) bond motifs is 3. The Morgan fingerprint density at radius 2 is 1.40 bits per heavy atom. The number of rotatable bonds is 3. The van der Waals surface area contributed by atoms with Crippen LogP contribution in [-0.4, -0.2) is 51.6 Å². The minimum atomic E-state index is 0.181. The third-order valence-electron chi connectivity index (χ3n) is 5.47. The van der Waals surface area contributed by atoms with E-state index in [1.165, 1.54) is 0 Å². The Labute approximate surface area is 185 Å². The summed E-state index contributed by atoms with van der Waals surface area (Å²) < 4.78 is 1.95. The van der Waals surface area contributed by atoms with Crippen molar-refractivity contribution in [2.45, 2.75) is 6.92 Å². The molecular weight excluding hydrogens is 355 g/mol. The van der Waals surface area contributed by atoms with E-state index in [0.29, 0.717) is 11.2 Å². The summed E-state index contributed by atoms with van der Waals surface area (Å²) in [5.41, 5.74) is 6.03. The van der Waals surface area contributed by atoms with E-state index in [0.717, 1.165) is 32.9 Å². The van der Waals surface area contributed by atoms with Crippen LogP contribution < -0.4 is 32.8 Å². The zero-order chi connectivity index (χ0) is 21.7. The predicted molar refractivity (Wildman–Crippen MR) is 138 cm³/mol. The molecule has 1 heterocycles. The second kappa shape index (κ2) is 7.54. The molecule has 0 N–H and O–H groups in total. The fraction of sp³-hybridized carbons (Fsp3) is 0.0435. The lowest BCUT2D eigenvalue weighted by atomic mass is 9.61. The van der Waals surface area contributed by atoms with Crippen molar-refractivity contribution in [3.63, 3.8) is 0 Å². The van der Waals surface area contributed by atoms with Gasteiger partial charge in [-0.05, 0) is 30.2 Å². The van der Waals surface area contributed by atoms with Gasteiger partial charge in [-0.1, -0.05) is 59.4 Å². The van der Waals surface area contributed by atoms with Gasteiger partial charge in [-0.2, -0.15) is 0 Å². The molecule has 3 aromatic carbocycles. The molecule has 0 bridgehead atoms. The van der Waals surface area contributed by atoms with Crippen molar-refractivity contribution in [2.24, 2.45) is 0 Å². The zero-order valence-corrected chi connectivity index (χ0v) is 16.7. The van der Waals surface area contributed by atoms with E-state index < -0.39 is 0 Å². The molecule has 1 aromatic heterocycles. The maximum Gasteiger partial charge on any atom is 0.115 e. The Bertz CT molecular complexity index is 1350. The Hall–Kier alpha value is -2.67. The van der Waals surface area contributed by atoms with Crippen LogP contribution in [-0.2, 0) is 0 Å². The molecule has 1 nitrogen and oxygen atoms in total. The van der Waals surface area contributed by atoms with Crippen LogP contribution in [0.1, 0.15) is 18.1 Å². The van der Waals surface area contributed by atoms with E-state index in [1.54, 1.807) is 0 Å². The second-order valence-electron chi connectivity index (χ2n) is 7.20. The highest BCUT2D eigenvalue weighted by Gasteiger charge is 2.19. The molecule has 0 aliphatic rings. The molecule has 7 heteroatoms. The molecule has 12 radical (unpaired) electrons. The largest absolute Gasteiger partial charge is 0.310 e. The zero-order valence-electron chi connectivity index (χ0n) is 16.7. The van der Waals surface area contributed by atoms with Crippen LogP contribution in [0.2, 0.25) is 0 Å². The van der Waals surface area contributed by atoms with E-state index in [-0.39, 0.29) is 27.3 Å². The summed E-state index contributed by atoms with van der Waals surface area (Å²) in [5, 5.41) is 1.93. The standard InChI is InChI=1S/C23H13B6N/c1-3-5-11-6-8-16-17(13(11)4-2)14-10-12(24)7-9-15(14)30(16)23-21(28)19(26)18(25)20(27)22(23)29/h3-10H,2H2,1H3/b5-3-. The molecule has 0 aliphatic heterocycles. The molecule has 0 aliphatic carbocycles. The number of hydrogen-bond acceptors (Lipinski definition) is 0. The summed E-state index contributed by atoms with van der Waals surface area (Å²) in [6.07, 6.45) is 5.86. The quantitative estimate of drug-likeness (QED) is 0.419. The van der Waals surface area contributed by atoms with Crippen molar-refractivity contribution in [3.05, 3.63) is 54.1 Å². The minimum Gasteiger partial charge on any atom is -0.310 e. The van der Waals surface area contributed by atoms with Gasteiger partial charge in [0.05, 0.1) is 11.0 Å². The van der Waals surface area contributed by atoms with Crippen LogP contribution >= 0.6 is 0 Å². The average Bonchev–Trinajstić information content (AvgIpc) is 3.05. The van der Waals surface area contributed by atoms with E-state index >= 15 is 0 Å². The smallest absolute Gasteiger partial charge is 0.115 e. The van der Waals surface area contributed by atoms with Crippen molar-refractivity contribution >= 4 is 114 Å². The fourth-order valence-electron chi connectivity index (χ4n) is 4.03. The van der Waals surface area contributed by atoms with Crippen LogP contribution in [0.15, 0.2) is 43.0 Å². The Kier molecular flexibility index (Phi) is 5.18. The first-order valence-electron chi connectivity index (χ1n) is 9.45. The first kappa shape index (κ1) is 20.6. The van der Waals surface area contributed by atoms with Gasteiger partial charge < -0.3 is 4.57 Å². The molecule has 0 spiro atoms. The lowest BCUT2D eigenvalue weighted by molar-refractivity contribution is 1.21. The van der Waals surface area contributed by atoms with E-state index in [9.17, 15) is 0 Å². The van der Waals surface area contributed by atoms with Crippen LogP contribution in [0.5, 0.6) is 0 Å². The van der Waals surface area contributed by atoms with Crippen LogP contribution in [0, 0.1) is 0 Å². The third kappa shape index (κ3) is 2.87. The van der Waals surface area contributed by atoms with E-state index in [4.69, 9.17) is 47.1 Å². The monoisotopic (exact) mass is 369 g/mol. The molecule has 128 valence electrons. The molecule has 0 atom stereocenters. The topological polar surface area (TPSA) is 4.93 Å². The lowest BCUT2D eigenvalue weighted by Gasteiger charge is -2.23. The van der Waals surface area contributed by atoms with Gasteiger partial charge in [0, 0.05) is 16.5 Å². The molecule has 30 heavy (non-hydrogen) atoms. The van der Waals surface area contributed by atoms with Crippen molar-refractivity contribution in [2.75, 3.05) is 0 Å². The Balaban J connectivity index is 2.30. The molecule has 0 fully saturated rings. The molecule has 4 rings (SSSR count). The minimum absolute atomic E-state index is 0.181. The first-order valence-corrected chi connectivity index (χ1v) is 9.45. The Morgan fingerprint density at radius 1 is 0.800 bits per heavy atom. The van der Waals surface area contributed by atoms with Gasteiger partial charge in [-0.15, -0.1) is 16.4 Å². The van der Waals surface area contributed by atoms with Gasteiger partial charge in [-0.3, -0.25) is 0 Å². The van der Waals surface area contributed by atoms with Crippen LogP contribution in [0.25, 0.3) is 39.6 Å². The van der Waals surface area contributed by atoms with Gasteiger partial charge in [0.1, 0.15) is 47.1 Å². The van der Waals surface area contributed by atoms with Gasteiger partial charge in [0.15, 0.2) is 0 Å². The van der Waals surface area contributed by atoms with Crippen molar-refractivity contribution < 1.29 is 0 Å². The highest BCUT2D eigenvalue weighted by Crippen LogP contribution is 2.35. The molecule has 0 saturated carbocycles. The average molecular weight is 368 g/mol. The van der Waals surface area contributed by atoms with Gasteiger partial charge in [0.2, 0.25) is 0 Å². The summed E-state index contributed by atoms with van der Waals surface area (Å²) in [6, 6.07) is 9.71. The normalized spacial score (nSPS) is 11.6. The number of hydrogen-bond donors (Lipinski definition) is 0. The second-order valence-corrected chi connectivity index (χ2v) is 7.20. The lowest BCUT2D eigenvalue weighted by Crippen LogP contribution is -2.56. The van der Waals surface area contributed by atoms with Gasteiger partial charge in [0.25, 0.3) is 0 Å². The SMILES string of the molecule is [B]c1ccc2c(c1)c1c(C=C)c(/C=C\C)ccc1n2-c1c([B])c([B])c([B])c([B])c1[B]. The predicted octanol–water partition coefficient (Wildman–Crippen LogP) is -0.777. The van der Waals surface area contributed by atoms with Gasteiger partial charge in [-0.25, -0.2) is 0 Å². The highest BCUT2D eigenvalue weighted by atomic mass is 15.0. The molecule has 0 unspecified atom stereocenters. The van der Waals surface area contributed by atoms with E-state index in [2.05, 4.69) is 6.58 Å². The van der Waals surface area contributed by atoms with E-state index in [1.807, 2.05) is 60.1 Å². The fourth-order valence-corrected chi connectivity index (χ4v) is 4.03. The van der Waals surface area contributed by atoms with Crippen LogP contribution in [0.4, 0.5) is 0 Å². The Morgan fingerprint density at radius 3 is 2.00 bits per heavy atom.